The quantitative estimate of drug-likeness (QED) is 0.601. The smallest absolute Gasteiger partial charge is 0.220 e. The van der Waals surface area contributed by atoms with Crippen molar-refractivity contribution in [2.75, 3.05) is 13.2 Å². The van der Waals surface area contributed by atoms with Gasteiger partial charge in [0, 0.05) is 19.6 Å². The van der Waals surface area contributed by atoms with E-state index in [-0.39, 0.29) is 17.9 Å². The standard InChI is InChI=1S/C25H31NO2/c27-15-14-25(12-3-4-13-25)18-26-24(28)9-5-6-19-10-11-21-17-20-7-1-2-8-22(20)23(21)16-19/h1-2,7-8,10-11,16,27H,3-6,9,12-15,17-18H2,(H,26,28). The molecule has 2 aromatic carbocycles. The number of carbonyl (C=O) groups is 1. The molecule has 0 aromatic heterocycles. The lowest BCUT2D eigenvalue weighted by Gasteiger charge is -2.28. The van der Waals surface area contributed by atoms with Gasteiger partial charge < -0.3 is 10.4 Å². The van der Waals surface area contributed by atoms with E-state index in [2.05, 4.69) is 47.8 Å². The molecular weight excluding hydrogens is 346 g/mol. The number of hydrogen-bond donors (Lipinski definition) is 2. The number of aryl methyl sites for hydroxylation is 1. The molecule has 2 N–H and O–H groups in total. The lowest BCUT2D eigenvalue weighted by molar-refractivity contribution is -0.121. The lowest BCUT2D eigenvalue weighted by atomic mass is 9.83. The van der Waals surface area contributed by atoms with E-state index >= 15 is 0 Å². The molecule has 2 aliphatic carbocycles. The molecular formula is C25H31NO2. The Morgan fingerprint density at radius 3 is 2.64 bits per heavy atom. The molecule has 2 aliphatic rings. The Bertz CT molecular complexity index is 836. The number of fused-ring (bicyclic) bond motifs is 3. The summed E-state index contributed by atoms with van der Waals surface area (Å²) in [6.45, 7) is 0.944. The molecule has 0 radical (unpaired) electrons. The van der Waals surface area contributed by atoms with E-state index in [1.807, 2.05) is 0 Å². The normalized spacial score (nSPS) is 16.6. The molecule has 0 spiro atoms. The third kappa shape index (κ3) is 4.15. The Labute approximate surface area is 168 Å². The molecule has 4 rings (SSSR count). The first kappa shape index (κ1) is 19.2. The molecule has 0 bridgehead atoms. The summed E-state index contributed by atoms with van der Waals surface area (Å²) in [5.74, 6) is 0.149. The van der Waals surface area contributed by atoms with Crippen LogP contribution in [0.5, 0.6) is 0 Å². The van der Waals surface area contributed by atoms with Crippen molar-refractivity contribution >= 4 is 5.91 Å². The Balaban J connectivity index is 1.27. The Kier molecular flexibility index (Phi) is 5.82. The van der Waals surface area contributed by atoms with E-state index in [0.29, 0.717) is 6.42 Å². The van der Waals surface area contributed by atoms with Gasteiger partial charge in [-0.15, -0.1) is 0 Å². The summed E-state index contributed by atoms with van der Waals surface area (Å²) in [6.07, 6.45) is 8.92. The first-order valence-corrected chi connectivity index (χ1v) is 10.8. The summed E-state index contributed by atoms with van der Waals surface area (Å²) in [5.41, 5.74) is 7.01. The van der Waals surface area contributed by atoms with Gasteiger partial charge in [-0.25, -0.2) is 0 Å². The van der Waals surface area contributed by atoms with Gasteiger partial charge in [0.15, 0.2) is 0 Å². The van der Waals surface area contributed by atoms with E-state index in [1.54, 1.807) is 0 Å². The summed E-state index contributed by atoms with van der Waals surface area (Å²) in [7, 11) is 0. The molecule has 148 valence electrons. The van der Waals surface area contributed by atoms with Crippen LogP contribution in [-0.2, 0) is 17.6 Å². The van der Waals surface area contributed by atoms with Gasteiger partial charge in [0.2, 0.25) is 5.91 Å². The van der Waals surface area contributed by atoms with Crippen LogP contribution in [0, 0.1) is 5.41 Å². The largest absolute Gasteiger partial charge is 0.396 e. The molecule has 0 atom stereocenters. The van der Waals surface area contributed by atoms with E-state index in [4.69, 9.17) is 0 Å². The zero-order chi connectivity index (χ0) is 19.4. The van der Waals surface area contributed by atoms with Gasteiger partial charge in [0.05, 0.1) is 0 Å². The van der Waals surface area contributed by atoms with Crippen molar-refractivity contribution in [2.45, 2.75) is 57.8 Å². The molecule has 0 heterocycles. The maximum Gasteiger partial charge on any atom is 0.220 e. The second kappa shape index (κ2) is 8.48. The van der Waals surface area contributed by atoms with Crippen LogP contribution in [0.4, 0.5) is 0 Å². The maximum atomic E-state index is 12.3. The van der Waals surface area contributed by atoms with Crippen LogP contribution in [0.3, 0.4) is 0 Å². The van der Waals surface area contributed by atoms with Crippen molar-refractivity contribution in [3.63, 3.8) is 0 Å². The van der Waals surface area contributed by atoms with Gasteiger partial charge in [0.25, 0.3) is 0 Å². The number of benzene rings is 2. The summed E-state index contributed by atoms with van der Waals surface area (Å²) in [5, 5.41) is 12.5. The van der Waals surface area contributed by atoms with Crippen LogP contribution < -0.4 is 5.32 Å². The van der Waals surface area contributed by atoms with Crippen LogP contribution in [-0.4, -0.2) is 24.2 Å². The molecule has 0 aliphatic heterocycles. The minimum atomic E-state index is 0.137. The number of nitrogens with one attached hydrogen (secondary N) is 1. The highest BCUT2D eigenvalue weighted by molar-refractivity contribution is 5.77. The fourth-order valence-electron chi connectivity index (χ4n) is 5.03. The number of hydrogen-bond acceptors (Lipinski definition) is 2. The zero-order valence-corrected chi connectivity index (χ0v) is 16.7. The highest BCUT2D eigenvalue weighted by Gasteiger charge is 2.33. The number of aliphatic hydroxyl groups is 1. The van der Waals surface area contributed by atoms with Gasteiger partial charge >= 0.3 is 0 Å². The number of carbonyl (C=O) groups excluding carboxylic acids is 1. The fraction of sp³-hybridized carbons (Fsp3) is 0.480. The number of amides is 1. The van der Waals surface area contributed by atoms with Gasteiger partial charge in [-0.1, -0.05) is 55.3 Å². The third-order valence-electron chi connectivity index (χ3n) is 6.70. The molecule has 2 aromatic rings. The van der Waals surface area contributed by atoms with E-state index < -0.39 is 0 Å². The highest BCUT2D eigenvalue weighted by Crippen LogP contribution is 2.40. The number of aliphatic hydroxyl groups excluding tert-OH is 1. The molecule has 0 unspecified atom stereocenters. The first-order chi connectivity index (χ1) is 13.7. The second-order valence-electron chi connectivity index (χ2n) is 8.64. The average molecular weight is 378 g/mol. The van der Waals surface area contributed by atoms with E-state index in [0.717, 1.165) is 45.1 Å². The van der Waals surface area contributed by atoms with Crippen molar-refractivity contribution in [3.8, 4) is 11.1 Å². The molecule has 3 heteroatoms. The summed E-state index contributed by atoms with van der Waals surface area (Å²) in [4.78, 5) is 12.3. The van der Waals surface area contributed by atoms with Gasteiger partial charge in [-0.05, 0) is 71.8 Å². The number of rotatable bonds is 8. The van der Waals surface area contributed by atoms with Crippen LogP contribution in [0.15, 0.2) is 42.5 Å². The van der Waals surface area contributed by atoms with Crippen LogP contribution in [0.25, 0.3) is 11.1 Å². The zero-order valence-electron chi connectivity index (χ0n) is 16.7. The minimum absolute atomic E-state index is 0.137. The minimum Gasteiger partial charge on any atom is -0.396 e. The topological polar surface area (TPSA) is 49.3 Å². The van der Waals surface area contributed by atoms with Crippen molar-refractivity contribution in [2.24, 2.45) is 5.41 Å². The van der Waals surface area contributed by atoms with Crippen molar-refractivity contribution in [1.29, 1.82) is 0 Å². The third-order valence-corrected chi connectivity index (χ3v) is 6.70. The van der Waals surface area contributed by atoms with Gasteiger partial charge in [0.1, 0.15) is 0 Å². The Morgan fingerprint density at radius 1 is 1.04 bits per heavy atom. The molecule has 1 saturated carbocycles. The van der Waals surface area contributed by atoms with Crippen LogP contribution in [0.1, 0.15) is 61.6 Å². The van der Waals surface area contributed by atoms with Gasteiger partial charge in [-0.2, -0.15) is 0 Å². The summed E-state index contributed by atoms with van der Waals surface area (Å²) >= 11 is 0. The average Bonchev–Trinajstić information content (AvgIpc) is 3.31. The van der Waals surface area contributed by atoms with Crippen molar-refractivity contribution in [3.05, 3.63) is 59.2 Å². The van der Waals surface area contributed by atoms with E-state index in [9.17, 15) is 9.90 Å². The first-order valence-electron chi connectivity index (χ1n) is 10.8. The predicted octanol–water partition coefficient (Wildman–Crippen LogP) is 4.64. The Hall–Kier alpha value is -2.13. The highest BCUT2D eigenvalue weighted by atomic mass is 16.3. The lowest BCUT2D eigenvalue weighted by Crippen LogP contribution is -2.36. The molecule has 1 fully saturated rings. The Morgan fingerprint density at radius 2 is 1.82 bits per heavy atom. The summed E-state index contributed by atoms with van der Waals surface area (Å²) in [6, 6.07) is 15.4. The second-order valence-corrected chi connectivity index (χ2v) is 8.64. The molecule has 0 saturated heterocycles. The summed E-state index contributed by atoms with van der Waals surface area (Å²) < 4.78 is 0. The van der Waals surface area contributed by atoms with Gasteiger partial charge in [-0.3, -0.25) is 4.79 Å². The molecule has 1 amide bonds. The van der Waals surface area contributed by atoms with Crippen molar-refractivity contribution < 1.29 is 9.90 Å². The van der Waals surface area contributed by atoms with E-state index in [1.165, 1.54) is 40.7 Å². The maximum absolute atomic E-state index is 12.3. The SMILES string of the molecule is O=C(CCCc1ccc2c(c1)-c1ccccc1C2)NCC1(CCO)CCCC1. The molecule has 28 heavy (non-hydrogen) atoms. The van der Waals surface area contributed by atoms with Crippen LogP contribution >= 0.6 is 0 Å². The fourth-order valence-corrected chi connectivity index (χ4v) is 5.03. The van der Waals surface area contributed by atoms with Crippen molar-refractivity contribution in [1.82, 2.24) is 5.32 Å². The van der Waals surface area contributed by atoms with Crippen LogP contribution in [0.2, 0.25) is 0 Å². The molecule has 3 nitrogen and oxygen atoms in total. The monoisotopic (exact) mass is 377 g/mol. The predicted molar refractivity (Wildman–Crippen MR) is 113 cm³/mol.